The van der Waals surface area contributed by atoms with Crippen molar-refractivity contribution in [3.05, 3.63) is 65.5 Å². The molecule has 2 heterocycles. The average Bonchev–Trinajstić information content (AvgIpc) is 2.94. The number of esters is 1. The molecular formula is C18H18N2O3. The number of carbonyl (C=O) groups excluding carboxylic acids is 1. The standard InChI is InChI=1S/C18H18N2O3/c1-3-22-18(21)15-9-10-20-16(11-13(2)19-20)17(15)23-12-14-7-5-4-6-8-14/h4-11H,3,12H2,1-2H3. The molecule has 5 heteroatoms. The Labute approximate surface area is 134 Å². The highest BCUT2D eigenvalue weighted by Crippen LogP contribution is 2.27. The number of rotatable bonds is 5. The second-order valence-corrected chi connectivity index (χ2v) is 5.17. The number of pyridine rings is 1. The van der Waals surface area contributed by atoms with Crippen LogP contribution in [0.4, 0.5) is 0 Å². The Balaban J connectivity index is 1.99. The van der Waals surface area contributed by atoms with Crippen molar-refractivity contribution in [3.63, 3.8) is 0 Å². The molecule has 0 saturated heterocycles. The molecule has 5 nitrogen and oxygen atoms in total. The summed E-state index contributed by atoms with van der Waals surface area (Å²) in [6.45, 7) is 4.37. The van der Waals surface area contributed by atoms with Gasteiger partial charge in [0.05, 0.1) is 12.3 Å². The quantitative estimate of drug-likeness (QED) is 0.678. The number of hydrogen-bond acceptors (Lipinski definition) is 4. The van der Waals surface area contributed by atoms with Crippen molar-refractivity contribution in [3.8, 4) is 5.75 Å². The molecule has 0 N–H and O–H groups in total. The van der Waals surface area contributed by atoms with Gasteiger partial charge in [0, 0.05) is 6.20 Å². The van der Waals surface area contributed by atoms with E-state index in [9.17, 15) is 4.79 Å². The highest BCUT2D eigenvalue weighted by Gasteiger charge is 2.18. The topological polar surface area (TPSA) is 52.8 Å². The van der Waals surface area contributed by atoms with Crippen LogP contribution in [0.25, 0.3) is 5.52 Å². The van der Waals surface area contributed by atoms with E-state index in [-0.39, 0.29) is 0 Å². The van der Waals surface area contributed by atoms with E-state index in [0.29, 0.717) is 24.5 Å². The Bertz CT molecular complexity index is 825. The van der Waals surface area contributed by atoms with Crippen LogP contribution in [-0.2, 0) is 11.3 Å². The second-order valence-electron chi connectivity index (χ2n) is 5.17. The molecule has 0 bridgehead atoms. The molecule has 0 amide bonds. The monoisotopic (exact) mass is 310 g/mol. The van der Waals surface area contributed by atoms with E-state index >= 15 is 0 Å². The van der Waals surface area contributed by atoms with Gasteiger partial charge in [-0.2, -0.15) is 5.10 Å². The normalized spacial score (nSPS) is 10.7. The third kappa shape index (κ3) is 3.18. The van der Waals surface area contributed by atoms with Crippen molar-refractivity contribution in [2.45, 2.75) is 20.5 Å². The fourth-order valence-corrected chi connectivity index (χ4v) is 2.41. The number of nitrogens with zero attached hydrogens (tertiary/aromatic N) is 2. The number of aryl methyl sites for hydroxylation is 1. The third-order valence-corrected chi connectivity index (χ3v) is 3.44. The lowest BCUT2D eigenvalue weighted by atomic mass is 10.2. The van der Waals surface area contributed by atoms with Gasteiger partial charge in [0.15, 0.2) is 5.75 Å². The zero-order valence-electron chi connectivity index (χ0n) is 13.2. The maximum Gasteiger partial charge on any atom is 0.342 e. The zero-order valence-corrected chi connectivity index (χ0v) is 13.2. The number of carbonyl (C=O) groups is 1. The van der Waals surface area contributed by atoms with Gasteiger partial charge in [-0.05, 0) is 31.5 Å². The molecule has 0 radical (unpaired) electrons. The largest absolute Gasteiger partial charge is 0.486 e. The summed E-state index contributed by atoms with van der Waals surface area (Å²) in [5, 5.41) is 4.36. The molecule has 0 aliphatic heterocycles. The molecule has 3 rings (SSSR count). The van der Waals surface area contributed by atoms with Crippen molar-refractivity contribution in [2.24, 2.45) is 0 Å². The molecule has 23 heavy (non-hydrogen) atoms. The van der Waals surface area contributed by atoms with Crippen LogP contribution in [0.2, 0.25) is 0 Å². The van der Waals surface area contributed by atoms with Gasteiger partial charge in [0.2, 0.25) is 0 Å². The molecular weight excluding hydrogens is 292 g/mol. The average molecular weight is 310 g/mol. The SMILES string of the molecule is CCOC(=O)c1ccn2nc(C)cc2c1OCc1ccccc1. The van der Waals surface area contributed by atoms with Crippen LogP contribution in [0.3, 0.4) is 0 Å². The van der Waals surface area contributed by atoms with E-state index in [1.165, 1.54) is 0 Å². The van der Waals surface area contributed by atoms with Crippen LogP contribution in [0.15, 0.2) is 48.7 Å². The Morgan fingerprint density at radius 1 is 1.22 bits per heavy atom. The molecule has 0 saturated carbocycles. The van der Waals surface area contributed by atoms with Gasteiger partial charge < -0.3 is 9.47 Å². The summed E-state index contributed by atoms with van der Waals surface area (Å²) in [5.74, 6) is 0.104. The van der Waals surface area contributed by atoms with Crippen molar-refractivity contribution in [1.82, 2.24) is 9.61 Å². The summed E-state index contributed by atoms with van der Waals surface area (Å²) in [6.07, 6.45) is 1.74. The Morgan fingerprint density at radius 2 is 2.00 bits per heavy atom. The van der Waals surface area contributed by atoms with Gasteiger partial charge in [0.1, 0.15) is 17.7 Å². The van der Waals surface area contributed by atoms with Crippen LogP contribution < -0.4 is 4.74 Å². The maximum atomic E-state index is 12.2. The minimum Gasteiger partial charge on any atom is -0.486 e. The Kier molecular flexibility index (Phi) is 4.28. The van der Waals surface area contributed by atoms with E-state index < -0.39 is 5.97 Å². The van der Waals surface area contributed by atoms with Gasteiger partial charge in [-0.15, -0.1) is 0 Å². The summed E-state index contributed by atoms with van der Waals surface area (Å²) < 4.78 is 12.8. The van der Waals surface area contributed by atoms with E-state index in [1.807, 2.05) is 43.3 Å². The number of hydrogen-bond donors (Lipinski definition) is 0. The predicted octanol–water partition coefficient (Wildman–Crippen LogP) is 3.40. The summed E-state index contributed by atoms with van der Waals surface area (Å²) in [6, 6.07) is 13.4. The molecule has 118 valence electrons. The fourth-order valence-electron chi connectivity index (χ4n) is 2.41. The summed E-state index contributed by atoms with van der Waals surface area (Å²) in [7, 11) is 0. The third-order valence-electron chi connectivity index (χ3n) is 3.44. The minimum atomic E-state index is -0.392. The van der Waals surface area contributed by atoms with Crippen molar-refractivity contribution in [1.29, 1.82) is 0 Å². The second kappa shape index (κ2) is 6.52. The first-order valence-corrected chi connectivity index (χ1v) is 7.52. The van der Waals surface area contributed by atoms with Crippen LogP contribution in [0, 0.1) is 6.92 Å². The molecule has 0 aliphatic rings. The van der Waals surface area contributed by atoms with Crippen molar-refractivity contribution < 1.29 is 14.3 Å². The van der Waals surface area contributed by atoms with E-state index in [1.54, 1.807) is 23.7 Å². The van der Waals surface area contributed by atoms with Crippen molar-refractivity contribution in [2.75, 3.05) is 6.61 Å². The summed E-state index contributed by atoms with van der Waals surface area (Å²) >= 11 is 0. The van der Waals surface area contributed by atoms with Gasteiger partial charge in [-0.25, -0.2) is 9.31 Å². The molecule has 1 aromatic carbocycles. The minimum absolute atomic E-state index is 0.320. The van der Waals surface area contributed by atoms with E-state index in [0.717, 1.165) is 16.8 Å². The number of benzene rings is 1. The first-order valence-electron chi connectivity index (χ1n) is 7.52. The lowest BCUT2D eigenvalue weighted by Gasteiger charge is -2.12. The molecule has 3 aromatic rings. The number of fused-ring (bicyclic) bond motifs is 1. The van der Waals surface area contributed by atoms with Crippen molar-refractivity contribution >= 4 is 11.5 Å². The maximum absolute atomic E-state index is 12.2. The molecule has 0 atom stereocenters. The summed E-state index contributed by atoms with van der Waals surface area (Å²) in [4.78, 5) is 12.2. The number of aromatic nitrogens is 2. The van der Waals surface area contributed by atoms with Crippen LogP contribution in [0.5, 0.6) is 5.75 Å². The fraction of sp³-hybridized carbons (Fsp3) is 0.222. The lowest BCUT2D eigenvalue weighted by molar-refractivity contribution is 0.0521. The lowest BCUT2D eigenvalue weighted by Crippen LogP contribution is -2.09. The molecule has 0 unspecified atom stereocenters. The number of ether oxygens (including phenoxy) is 2. The summed E-state index contributed by atoms with van der Waals surface area (Å²) in [5.41, 5.74) is 3.05. The highest BCUT2D eigenvalue weighted by atomic mass is 16.5. The van der Waals surface area contributed by atoms with Crippen LogP contribution >= 0.6 is 0 Å². The van der Waals surface area contributed by atoms with Gasteiger partial charge in [0.25, 0.3) is 0 Å². The van der Waals surface area contributed by atoms with Crippen LogP contribution in [-0.4, -0.2) is 22.2 Å². The first kappa shape index (κ1) is 15.1. The molecule has 0 aliphatic carbocycles. The Morgan fingerprint density at radius 3 is 2.74 bits per heavy atom. The zero-order chi connectivity index (χ0) is 16.2. The highest BCUT2D eigenvalue weighted by molar-refractivity contribution is 5.95. The van der Waals surface area contributed by atoms with Crippen LogP contribution in [0.1, 0.15) is 28.5 Å². The molecule has 0 spiro atoms. The molecule has 0 fully saturated rings. The predicted molar refractivity (Wildman–Crippen MR) is 86.7 cm³/mol. The first-order chi connectivity index (χ1) is 11.2. The van der Waals surface area contributed by atoms with Gasteiger partial charge >= 0.3 is 5.97 Å². The van der Waals surface area contributed by atoms with Gasteiger partial charge in [-0.3, -0.25) is 0 Å². The smallest absolute Gasteiger partial charge is 0.342 e. The van der Waals surface area contributed by atoms with Gasteiger partial charge in [-0.1, -0.05) is 30.3 Å². The van der Waals surface area contributed by atoms with E-state index in [4.69, 9.17) is 9.47 Å². The molecule has 2 aromatic heterocycles. The Hall–Kier alpha value is -2.82. The van der Waals surface area contributed by atoms with E-state index in [2.05, 4.69) is 5.10 Å².